The molecule has 1 fully saturated rings. The third kappa shape index (κ3) is 11.4. The first-order valence-corrected chi connectivity index (χ1v) is 8.56. The molecule has 1 atom stereocenters. The van der Waals surface area contributed by atoms with Gasteiger partial charge in [0.25, 0.3) is 0 Å². The van der Waals surface area contributed by atoms with Gasteiger partial charge in [0, 0.05) is 20.0 Å². The van der Waals surface area contributed by atoms with Crippen LogP contribution in [0, 0.1) is 0 Å². The number of amides is 2. The number of esters is 1. The number of aliphatic hydroxyl groups is 1. The van der Waals surface area contributed by atoms with Gasteiger partial charge in [-0.2, -0.15) is 0 Å². The lowest BCUT2D eigenvalue weighted by Gasteiger charge is -2.32. The van der Waals surface area contributed by atoms with Gasteiger partial charge in [0.1, 0.15) is 11.6 Å². The average Bonchev–Trinajstić information content (AvgIpc) is 2.45. The maximum absolute atomic E-state index is 12.1. The summed E-state index contributed by atoms with van der Waals surface area (Å²) in [5, 5.41) is 11.9. The van der Waals surface area contributed by atoms with E-state index in [9.17, 15) is 19.5 Å². The maximum atomic E-state index is 12.1. The zero-order valence-corrected chi connectivity index (χ0v) is 16.1. The Balaban J connectivity index is 0.000000823. The van der Waals surface area contributed by atoms with Gasteiger partial charge in [-0.05, 0) is 47.5 Å². The molecule has 0 aliphatic carbocycles. The first-order valence-electron chi connectivity index (χ1n) is 8.56. The van der Waals surface area contributed by atoms with Crippen LogP contribution in [-0.4, -0.2) is 65.4 Å². The van der Waals surface area contributed by atoms with Crippen molar-refractivity contribution in [2.75, 3.05) is 19.7 Å². The molecule has 0 radical (unpaired) electrons. The van der Waals surface area contributed by atoms with Gasteiger partial charge in [-0.1, -0.05) is 0 Å². The van der Waals surface area contributed by atoms with Crippen LogP contribution in [-0.2, 0) is 19.1 Å². The van der Waals surface area contributed by atoms with Gasteiger partial charge in [0.05, 0.1) is 12.7 Å². The Morgan fingerprint density at radius 2 is 1.76 bits per heavy atom. The Labute approximate surface area is 149 Å². The van der Waals surface area contributed by atoms with Gasteiger partial charge >= 0.3 is 12.1 Å². The molecule has 2 amide bonds. The first kappa shape index (κ1) is 23.2. The molecular weight excluding hydrogens is 328 g/mol. The molecule has 0 aromatic heterocycles. The van der Waals surface area contributed by atoms with E-state index in [1.54, 1.807) is 39.5 Å². The fourth-order valence-electron chi connectivity index (χ4n) is 2.11. The largest absolute Gasteiger partial charge is 0.466 e. The van der Waals surface area contributed by atoms with Gasteiger partial charge in [0.2, 0.25) is 5.91 Å². The minimum atomic E-state index is -0.620. The second-order valence-corrected chi connectivity index (χ2v) is 6.85. The van der Waals surface area contributed by atoms with E-state index in [4.69, 9.17) is 4.74 Å². The monoisotopic (exact) mass is 360 g/mol. The van der Waals surface area contributed by atoms with Crippen molar-refractivity contribution in [2.24, 2.45) is 0 Å². The standard InChI is InChI=1S/C13H24N2O4.C4H8O2/c1-9(14-12(18)19-13(2,3)4)11(17)15-7-5-10(16)6-8-15;1-3-6-4(2)5/h9-10,16H,5-8H2,1-4H3,(H,14,18);3H2,1-2H3/t9-;/m0./s1. The highest BCUT2D eigenvalue weighted by atomic mass is 16.6. The molecule has 146 valence electrons. The normalized spacial score (nSPS) is 16.2. The minimum absolute atomic E-state index is 0.141. The predicted molar refractivity (Wildman–Crippen MR) is 93.0 cm³/mol. The van der Waals surface area contributed by atoms with Crippen LogP contribution >= 0.6 is 0 Å². The summed E-state index contributed by atoms with van der Waals surface area (Å²) in [6.45, 7) is 11.7. The SMILES string of the molecule is CCOC(C)=O.C[C@H](NC(=O)OC(C)(C)C)C(=O)N1CCC(O)CC1. The van der Waals surface area contributed by atoms with Gasteiger partial charge < -0.3 is 24.8 Å². The zero-order valence-electron chi connectivity index (χ0n) is 16.1. The fourth-order valence-corrected chi connectivity index (χ4v) is 2.11. The van der Waals surface area contributed by atoms with Crippen LogP contribution in [0.5, 0.6) is 0 Å². The van der Waals surface area contributed by atoms with Crippen molar-refractivity contribution in [1.82, 2.24) is 10.2 Å². The van der Waals surface area contributed by atoms with Crippen LogP contribution in [0.15, 0.2) is 0 Å². The number of carbonyl (C=O) groups excluding carboxylic acids is 3. The fraction of sp³-hybridized carbons (Fsp3) is 0.824. The number of alkyl carbamates (subject to hydrolysis) is 1. The summed E-state index contributed by atoms with van der Waals surface area (Å²) >= 11 is 0. The molecule has 0 unspecified atom stereocenters. The van der Waals surface area contributed by atoms with E-state index < -0.39 is 17.7 Å². The molecule has 1 aliphatic heterocycles. The molecule has 1 aliphatic rings. The van der Waals surface area contributed by atoms with Crippen molar-refractivity contribution >= 4 is 18.0 Å². The smallest absolute Gasteiger partial charge is 0.408 e. The van der Waals surface area contributed by atoms with Crippen molar-refractivity contribution in [1.29, 1.82) is 0 Å². The van der Waals surface area contributed by atoms with E-state index in [-0.39, 0.29) is 18.0 Å². The number of nitrogens with one attached hydrogen (secondary N) is 1. The van der Waals surface area contributed by atoms with E-state index >= 15 is 0 Å². The number of ether oxygens (including phenoxy) is 2. The zero-order chi connectivity index (χ0) is 19.6. The molecule has 0 saturated carbocycles. The Morgan fingerprint density at radius 3 is 2.12 bits per heavy atom. The second kappa shape index (κ2) is 10.9. The Hall–Kier alpha value is -1.83. The molecule has 8 heteroatoms. The lowest BCUT2D eigenvalue weighted by atomic mass is 10.1. The van der Waals surface area contributed by atoms with Crippen molar-refractivity contribution in [3.8, 4) is 0 Å². The molecule has 2 N–H and O–H groups in total. The quantitative estimate of drug-likeness (QED) is 0.738. The number of likely N-dealkylation sites (tertiary alicyclic amines) is 1. The highest BCUT2D eigenvalue weighted by Gasteiger charge is 2.27. The van der Waals surface area contributed by atoms with Crippen LogP contribution in [0.4, 0.5) is 4.79 Å². The summed E-state index contributed by atoms with van der Waals surface area (Å²) in [7, 11) is 0. The number of rotatable bonds is 3. The highest BCUT2D eigenvalue weighted by molar-refractivity contribution is 5.85. The van der Waals surface area contributed by atoms with Crippen LogP contribution in [0.2, 0.25) is 0 Å². The van der Waals surface area contributed by atoms with Gasteiger partial charge in [0.15, 0.2) is 0 Å². The van der Waals surface area contributed by atoms with Gasteiger partial charge in [-0.15, -0.1) is 0 Å². The molecule has 0 aromatic rings. The van der Waals surface area contributed by atoms with Gasteiger partial charge in [-0.3, -0.25) is 9.59 Å². The lowest BCUT2D eigenvalue weighted by Crippen LogP contribution is -2.50. The minimum Gasteiger partial charge on any atom is -0.466 e. The maximum Gasteiger partial charge on any atom is 0.408 e. The van der Waals surface area contributed by atoms with Crippen LogP contribution in [0.3, 0.4) is 0 Å². The summed E-state index contributed by atoms with van der Waals surface area (Å²) in [5.74, 6) is -0.352. The molecule has 1 rings (SSSR count). The third-order valence-electron chi connectivity index (χ3n) is 3.23. The molecule has 0 spiro atoms. The average molecular weight is 360 g/mol. The van der Waals surface area contributed by atoms with Crippen LogP contribution < -0.4 is 5.32 Å². The number of piperidine rings is 1. The number of aliphatic hydroxyl groups excluding tert-OH is 1. The van der Waals surface area contributed by atoms with Crippen molar-refractivity contribution in [3.05, 3.63) is 0 Å². The molecule has 8 nitrogen and oxygen atoms in total. The number of hydrogen-bond acceptors (Lipinski definition) is 6. The molecule has 1 heterocycles. The molecule has 0 aromatic carbocycles. The van der Waals surface area contributed by atoms with E-state index in [1.165, 1.54) is 6.92 Å². The summed E-state index contributed by atoms with van der Waals surface area (Å²) < 4.78 is 9.50. The highest BCUT2D eigenvalue weighted by Crippen LogP contribution is 2.11. The second-order valence-electron chi connectivity index (χ2n) is 6.85. The van der Waals surface area contributed by atoms with E-state index in [1.807, 2.05) is 0 Å². The summed E-state index contributed by atoms with van der Waals surface area (Å²) in [4.78, 5) is 35.1. The summed E-state index contributed by atoms with van der Waals surface area (Å²) in [6.07, 6.45) is 0.263. The summed E-state index contributed by atoms with van der Waals surface area (Å²) in [5.41, 5.74) is -0.581. The van der Waals surface area contributed by atoms with Crippen LogP contribution in [0.1, 0.15) is 54.4 Å². The van der Waals surface area contributed by atoms with Crippen LogP contribution in [0.25, 0.3) is 0 Å². The number of nitrogens with zero attached hydrogens (tertiary/aromatic N) is 1. The van der Waals surface area contributed by atoms with E-state index in [0.29, 0.717) is 32.5 Å². The molecule has 25 heavy (non-hydrogen) atoms. The lowest BCUT2D eigenvalue weighted by molar-refractivity contribution is -0.140. The molecular formula is C17H32N2O6. The van der Waals surface area contributed by atoms with Crippen molar-refractivity contribution in [2.45, 2.75) is 72.1 Å². The number of carbonyl (C=O) groups is 3. The topological polar surface area (TPSA) is 105 Å². The van der Waals surface area contributed by atoms with E-state index in [2.05, 4.69) is 10.1 Å². The van der Waals surface area contributed by atoms with Gasteiger partial charge in [-0.25, -0.2) is 4.79 Å². The number of hydrogen-bond donors (Lipinski definition) is 2. The Morgan fingerprint density at radius 1 is 1.24 bits per heavy atom. The first-order chi connectivity index (χ1) is 11.5. The van der Waals surface area contributed by atoms with Crippen molar-refractivity contribution in [3.63, 3.8) is 0 Å². The molecule has 0 bridgehead atoms. The van der Waals surface area contributed by atoms with Crippen molar-refractivity contribution < 1.29 is 29.0 Å². The van der Waals surface area contributed by atoms with E-state index in [0.717, 1.165) is 0 Å². The molecule has 1 saturated heterocycles. The predicted octanol–water partition coefficient (Wildman–Crippen LogP) is 1.45. The summed E-state index contributed by atoms with van der Waals surface area (Å²) in [6, 6.07) is -0.620. The Bertz CT molecular complexity index is 439. The Kier molecular flexibility index (Phi) is 10.1. The third-order valence-corrected chi connectivity index (χ3v) is 3.23.